The molecule has 134 valence electrons. The standard InChI is InChI=1S/C16H19N3O6/c1-4-24-12-7-6-10(19(22)23)8-11(12)14-13(15(20)25-5-2)9(3)17-16(21)18-14/h6-8,13-14H,3-5H2,1-2H3,(H2,17,18,21). The topological polar surface area (TPSA) is 120 Å². The first-order valence-corrected chi connectivity index (χ1v) is 7.73. The smallest absolute Gasteiger partial charge is 0.319 e. The number of ether oxygens (including phenoxy) is 2. The average Bonchev–Trinajstić information content (AvgIpc) is 2.54. The molecular formula is C16H19N3O6. The summed E-state index contributed by atoms with van der Waals surface area (Å²) in [5.74, 6) is -1.21. The number of nitro benzene ring substituents is 1. The second-order valence-corrected chi connectivity index (χ2v) is 5.24. The number of hydrogen-bond donors (Lipinski definition) is 2. The van der Waals surface area contributed by atoms with Crippen LogP contribution in [-0.4, -0.2) is 30.1 Å². The molecule has 2 atom stereocenters. The Morgan fingerprint density at radius 2 is 2.08 bits per heavy atom. The molecule has 2 N–H and O–H groups in total. The summed E-state index contributed by atoms with van der Waals surface area (Å²) in [6, 6.07) is 2.55. The van der Waals surface area contributed by atoms with Crippen molar-refractivity contribution in [2.45, 2.75) is 19.9 Å². The highest BCUT2D eigenvalue weighted by Crippen LogP contribution is 2.37. The molecule has 2 rings (SSSR count). The Morgan fingerprint density at radius 3 is 2.68 bits per heavy atom. The summed E-state index contributed by atoms with van der Waals surface area (Å²) < 4.78 is 10.6. The van der Waals surface area contributed by atoms with Crippen LogP contribution < -0.4 is 15.4 Å². The molecule has 0 aromatic heterocycles. The van der Waals surface area contributed by atoms with Gasteiger partial charge < -0.3 is 20.1 Å². The van der Waals surface area contributed by atoms with E-state index in [1.165, 1.54) is 18.2 Å². The third kappa shape index (κ3) is 3.87. The van der Waals surface area contributed by atoms with Crippen LogP contribution >= 0.6 is 0 Å². The lowest BCUT2D eigenvalue weighted by Crippen LogP contribution is -2.51. The summed E-state index contributed by atoms with van der Waals surface area (Å²) in [6.07, 6.45) is 0. The van der Waals surface area contributed by atoms with Gasteiger partial charge in [-0.05, 0) is 19.9 Å². The molecule has 0 saturated carbocycles. The minimum absolute atomic E-state index is 0.149. The van der Waals surface area contributed by atoms with Gasteiger partial charge in [0.2, 0.25) is 0 Å². The normalized spacial score (nSPS) is 19.6. The second-order valence-electron chi connectivity index (χ2n) is 5.24. The van der Waals surface area contributed by atoms with Gasteiger partial charge in [-0.15, -0.1) is 0 Å². The van der Waals surface area contributed by atoms with E-state index in [-0.39, 0.29) is 18.0 Å². The van der Waals surface area contributed by atoms with Crippen LogP contribution in [0.1, 0.15) is 25.5 Å². The predicted molar refractivity (Wildman–Crippen MR) is 87.9 cm³/mol. The van der Waals surface area contributed by atoms with Crippen molar-refractivity contribution >= 4 is 17.7 Å². The van der Waals surface area contributed by atoms with E-state index >= 15 is 0 Å². The summed E-state index contributed by atoms with van der Waals surface area (Å²) in [4.78, 5) is 34.7. The summed E-state index contributed by atoms with van der Waals surface area (Å²) in [5, 5.41) is 16.1. The number of nitrogens with zero attached hydrogens (tertiary/aromatic N) is 1. The third-order valence-corrected chi connectivity index (χ3v) is 3.65. The molecule has 1 fully saturated rings. The fourth-order valence-electron chi connectivity index (χ4n) is 2.63. The highest BCUT2D eigenvalue weighted by molar-refractivity contribution is 5.85. The molecule has 9 nitrogen and oxygen atoms in total. The van der Waals surface area contributed by atoms with Gasteiger partial charge in [-0.3, -0.25) is 14.9 Å². The van der Waals surface area contributed by atoms with Crippen LogP contribution in [0.2, 0.25) is 0 Å². The number of nitrogens with one attached hydrogen (secondary N) is 2. The molecule has 25 heavy (non-hydrogen) atoms. The maximum Gasteiger partial charge on any atom is 0.319 e. The van der Waals surface area contributed by atoms with Crippen molar-refractivity contribution in [2.24, 2.45) is 5.92 Å². The van der Waals surface area contributed by atoms with Gasteiger partial charge in [0.1, 0.15) is 11.7 Å². The molecule has 2 amide bonds. The summed E-state index contributed by atoms with van der Waals surface area (Å²) >= 11 is 0. The zero-order valence-corrected chi connectivity index (χ0v) is 13.9. The zero-order valence-electron chi connectivity index (χ0n) is 13.9. The first-order chi connectivity index (χ1) is 11.9. The predicted octanol–water partition coefficient (Wildman–Crippen LogP) is 2.04. The fourth-order valence-corrected chi connectivity index (χ4v) is 2.63. The van der Waals surface area contributed by atoms with Gasteiger partial charge in [-0.25, -0.2) is 4.79 Å². The Kier molecular flexibility index (Phi) is 5.58. The monoisotopic (exact) mass is 349 g/mol. The lowest BCUT2D eigenvalue weighted by Gasteiger charge is -2.33. The first-order valence-electron chi connectivity index (χ1n) is 7.73. The van der Waals surface area contributed by atoms with Gasteiger partial charge in [0.25, 0.3) is 5.69 Å². The number of carbonyl (C=O) groups is 2. The molecule has 1 saturated heterocycles. The highest BCUT2D eigenvalue weighted by Gasteiger charge is 2.40. The van der Waals surface area contributed by atoms with E-state index in [0.717, 1.165) is 0 Å². The van der Waals surface area contributed by atoms with Crippen LogP contribution in [0.4, 0.5) is 10.5 Å². The molecule has 0 radical (unpaired) electrons. The number of amides is 2. The number of carbonyl (C=O) groups excluding carboxylic acids is 2. The van der Waals surface area contributed by atoms with Crippen molar-refractivity contribution in [1.82, 2.24) is 10.6 Å². The first kappa shape index (κ1) is 18.2. The van der Waals surface area contributed by atoms with Crippen molar-refractivity contribution < 1.29 is 24.0 Å². The van der Waals surface area contributed by atoms with Crippen molar-refractivity contribution in [3.05, 3.63) is 46.2 Å². The van der Waals surface area contributed by atoms with Crippen LogP contribution in [-0.2, 0) is 9.53 Å². The number of benzene rings is 1. The van der Waals surface area contributed by atoms with E-state index in [4.69, 9.17) is 9.47 Å². The summed E-state index contributed by atoms with van der Waals surface area (Å²) in [6.45, 7) is 7.59. The van der Waals surface area contributed by atoms with Crippen molar-refractivity contribution in [2.75, 3.05) is 13.2 Å². The van der Waals surface area contributed by atoms with Gasteiger partial charge in [0.05, 0.1) is 24.2 Å². The van der Waals surface area contributed by atoms with Gasteiger partial charge in [0, 0.05) is 23.4 Å². The Morgan fingerprint density at radius 1 is 1.36 bits per heavy atom. The Hall–Kier alpha value is -3.10. The Labute approximate surface area is 144 Å². The van der Waals surface area contributed by atoms with Crippen molar-refractivity contribution in [1.29, 1.82) is 0 Å². The Bertz CT molecular complexity index is 718. The Balaban J connectivity index is 2.54. The maximum atomic E-state index is 12.3. The molecule has 2 unspecified atom stereocenters. The van der Waals surface area contributed by atoms with Crippen LogP contribution in [0.25, 0.3) is 0 Å². The molecule has 0 aliphatic carbocycles. The highest BCUT2D eigenvalue weighted by atomic mass is 16.6. The van der Waals surface area contributed by atoms with E-state index in [1.54, 1.807) is 13.8 Å². The number of non-ortho nitro benzene ring substituents is 1. The SMILES string of the molecule is C=C1NC(=O)NC(c2cc([N+](=O)[O-])ccc2OCC)C1C(=O)OCC. The molecule has 1 aliphatic heterocycles. The van der Waals surface area contributed by atoms with Crippen LogP contribution in [0.3, 0.4) is 0 Å². The zero-order chi connectivity index (χ0) is 18.6. The molecule has 1 aromatic carbocycles. The minimum Gasteiger partial charge on any atom is -0.494 e. The number of rotatable bonds is 6. The lowest BCUT2D eigenvalue weighted by molar-refractivity contribution is -0.385. The van der Waals surface area contributed by atoms with E-state index in [9.17, 15) is 19.7 Å². The lowest BCUT2D eigenvalue weighted by atomic mass is 9.88. The van der Waals surface area contributed by atoms with Gasteiger partial charge in [-0.2, -0.15) is 0 Å². The number of nitro groups is 1. The number of esters is 1. The second kappa shape index (κ2) is 7.65. The van der Waals surface area contributed by atoms with E-state index < -0.39 is 28.9 Å². The molecule has 9 heteroatoms. The van der Waals surface area contributed by atoms with E-state index in [2.05, 4.69) is 17.2 Å². The molecular weight excluding hydrogens is 330 g/mol. The van der Waals surface area contributed by atoms with Gasteiger partial charge in [-0.1, -0.05) is 6.58 Å². The van der Waals surface area contributed by atoms with Crippen molar-refractivity contribution in [3.8, 4) is 5.75 Å². The van der Waals surface area contributed by atoms with E-state index in [0.29, 0.717) is 17.9 Å². The molecule has 0 spiro atoms. The molecule has 1 aromatic rings. The molecule has 0 bridgehead atoms. The van der Waals surface area contributed by atoms with Crippen LogP contribution in [0, 0.1) is 16.0 Å². The minimum atomic E-state index is -0.945. The van der Waals surface area contributed by atoms with Gasteiger partial charge in [0.15, 0.2) is 0 Å². The van der Waals surface area contributed by atoms with Crippen LogP contribution in [0.15, 0.2) is 30.5 Å². The maximum absolute atomic E-state index is 12.3. The number of hydrogen-bond acceptors (Lipinski definition) is 6. The van der Waals surface area contributed by atoms with Crippen LogP contribution in [0.5, 0.6) is 5.75 Å². The summed E-state index contributed by atoms with van der Waals surface area (Å²) in [7, 11) is 0. The van der Waals surface area contributed by atoms with E-state index in [1.807, 2.05) is 0 Å². The fraction of sp³-hybridized carbons (Fsp3) is 0.375. The average molecular weight is 349 g/mol. The molecule has 1 heterocycles. The third-order valence-electron chi connectivity index (χ3n) is 3.65. The van der Waals surface area contributed by atoms with Gasteiger partial charge >= 0.3 is 12.0 Å². The molecule has 1 aliphatic rings. The number of urea groups is 1. The largest absolute Gasteiger partial charge is 0.494 e. The quantitative estimate of drug-likeness (QED) is 0.461. The van der Waals surface area contributed by atoms with Crippen molar-refractivity contribution in [3.63, 3.8) is 0 Å². The summed E-state index contributed by atoms with van der Waals surface area (Å²) in [5.41, 5.74) is 0.283.